The fraction of sp³-hybridized carbons (Fsp3) is 0.188. The second kappa shape index (κ2) is 6.83. The van der Waals surface area contributed by atoms with Gasteiger partial charge in [-0.3, -0.25) is 4.79 Å². The standard InChI is InChI=1S/C16H15Cl2NO2/c1-2-7-21-16-12(8-10(17)9-13(16)18)15(20)11-5-3-4-6-14(11)19/h3-6,8-9H,2,7,19H2,1H3. The van der Waals surface area contributed by atoms with Crippen molar-refractivity contribution in [3.05, 3.63) is 57.6 Å². The van der Waals surface area contributed by atoms with Crippen LogP contribution in [-0.2, 0) is 0 Å². The monoisotopic (exact) mass is 323 g/mol. The van der Waals surface area contributed by atoms with Crippen LogP contribution in [0.2, 0.25) is 10.0 Å². The molecular weight excluding hydrogens is 309 g/mol. The normalized spacial score (nSPS) is 10.4. The van der Waals surface area contributed by atoms with Gasteiger partial charge in [-0.25, -0.2) is 0 Å². The molecule has 0 aromatic heterocycles. The number of ketones is 1. The minimum Gasteiger partial charge on any atom is -0.491 e. The Labute approximate surface area is 133 Å². The van der Waals surface area contributed by atoms with Crippen LogP contribution in [0.25, 0.3) is 0 Å². The molecule has 0 aliphatic rings. The quantitative estimate of drug-likeness (QED) is 0.646. The van der Waals surface area contributed by atoms with Gasteiger partial charge in [0.2, 0.25) is 0 Å². The summed E-state index contributed by atoms with van der Waals surface area (Å²) in [4.78, 5) is 12.7. The third kappa shape index (κ3) is 3.49. The first-order valence-corrected chi connectivity index (χ1v) is 7.31. The van der Waals surface area contributed by atoms with Crippen LogP contribution in [0.3, 0.4) is 0 Å². The van der Waals surface area contributed by atoms with Gasteiger partial charge in [-0.2, -0.15) is 0 Å². The number of nitrogen functional groups attached to an aromatic ring is 1. The summed E-state index contributed by atoms with van der Waals surface area (Å²) in [6, 6.07) is 9.96. The Balaban J connectivity index is 2.51. The molecule has 0 amide bonds. The summed E-state index contributed by atoms with van der Waals surface area (Å²) in [5.41, 5.74) is 6.98. The zero-order valence-electron chi connectivity index (χ0n) is 11.5. The van der Waals surface area contributed by atoms with Crippen molar-refractivity contribution in [2.75, 3.05) is 12.3 Å². The highest BCUT2D eigenvalue weighted by Crippen LogP contribution is 2.34. The number of carbonyl (C=O) groups excluding carboxylic acids is 1. The van der Waals surface area contributed by atoms with Gasteiger partial charge >= 0.3 is 0 Å². The van der Waals surface area contributed by atoms with Crippen LogP contribution >= 0.6 is 23.2 Å². The summed E-state index contributed by atoms with van der Waals surface area (Å²) in [6.45, 7) is 2.44. The smallest absolute Gasteiger partial charge is 0.198 e. The van der Waals surface area contributed by atoms with Crippen molar-refractivity contribution in [3.63, 3.8) is 0 Å². The van der Waals surface area contributed by atoms with E-state index in [1.807, 2.05) is 6.92 Å². The first-order valence-electron chi connectivity index (χ1n) is 6.55. The second-order valence-electron chi connectivity index (χ2n) is 4.53. The second-order valence-corrected chi connectivity index (χ2v) is 5.37. The number of hydrogen-bond acceptors (Lipinski definition) is 3. The Morgan fingerprint density at radius 1 is 1.19 bits per heavy atom. The van der Waals surface area contributed by atoms with Crippen molar-refractivity contribution >= 4 is 34.7 Å². The Morgan fingerprint density at radius 3 is 2.57 bits per heavy atom. The number of carbonyl (C=O) groups is 1. The maximum absolute atomic E-state index is 12.7. The molecule has 0 unspecified atom stereocenters. The number of anilines is 1. The minimum atomic E-state index is -0.261. The fourth-order valence-corrected chi connectivity index (χ4v) is 2.48. The van der Waals surface area contributed by atoms with Crippen LogP contribution in [0, 0.1) is 0 Å². The zero-order valence-corrected chi connectivity index (χ0v) is 13.0. The first-order chi connectivity index (χ1) is 10.0. The summed E-state index contributed by atoms with van der Waals surface area (Å²) < 4.78 is 5.60. The van der Waals surface area contributed by atoms with Gasteiger partial charge in [0.05, 0.1) is 17.2 Å². The summed E-state index contributed by atoms with van der Waals surface area (Å²) in [6.07, 6.45) is 0.806. The molecule has 0 radical (unpaired) electrons. The van der Waals surface area contributed by atoms with E-state index in [1.54, 1.807) is 36.4 Å². The minimum absolute atomic E-state index is 0.261. The lowest BCUT2D eigenvalue weighted by Gasteiger charge is -2.13. The molecule has 0 heterocycles. The fourth-order valence-electron chi connectivity index (χ4n) is 1.93. The Kier molecular flexibility index (Phi) is 5.10. The third-order valence-electron chi connectivity index (χ3n) is 2.91. The van der Waals surface area contributed by atoms with E-state index >= 15 is 0 Å². The van der Waals surface area contributed by atoms with Crippen molar-refractivity contribution in [2.45, 2.75) is 13.3 Å². The van der Waals surface area contributed by atoms with Crippen LogP contribution < -0.4 is 10.5 Å². The maximum Gasteiger partial charge on any atom is 0.198 e. The van der Waals surface area contributed by atoms with E-state index < -0.39 is 0 Å². The highest BCUT2D eigenvalue weighted by atomic mass is 35.5. The number of hydrogen-bond donors (Lipinski definition) is 1. The van der Waals surface area contributed by atoms with E-state index in [-0.39, 0.29) is 5.78 Å². The van der Waals surface area contributed by atoms with Crippen molar-refractivity contribution < 1.29 is 9.53 Å². The highest BCUT2D eigenvalue weighted by Gasteiger charge is 2.20. The molecule has 0 saturated heterocycles. The molecule has 2 rings (SSSR count). The molecule has 3 nitrogen and oxygen atoms in total. The highest BCUT2D eigenvalue weighted by molar-refractivity contribution is 6.36. The van der Waals surface area contributed by atoms with Crippen molar-refractivity contribution in [2.24, 2.45) is 0 Å². The SMILES string of the molecule is CCCOc1c(Cl)cc(Cl)cc1C(=O)c1ccccc1N. The average molecular weight is 324 g/mol. The number of benzene rings is 2. The lowest BCUT2D eigenvalue weighted by molar-refractivity contribution is 0.103. The molecular formula is C16H15Cl2NO2. The van der Waals surface area contributed by atoms with Gasteiger partial charge in [0.15, 0.2) is 5.78 Å². The summed E-state index contributed by atoms with van der Waals surface area (Å²) in [5, 5.41) is 0.690. The summed E-state index contributed by atoms with van der Waals surface area (Å²) in [5.74, 6) is 0.0831. The maximum atomic E-state index is 12.7. The van der Waals surface area contributed by atoms with E-state index in [2.05, 4.69) is 0 Å². The number of ether oxygens (including phenoxy) is 1. The topological polar surface area (TPSA) is 52.3 Å². The average Bonchev–Trinajstić information content (AvgIpc) is 2.45. The molecule has 5 heteroatoms. The number of rotatable bonds is 5. The predicted octanol–water partition coefficient (Wildman–Crippen LogP) is 4.60. The van der Waals surface area contributed by atoms with E-state index in [4.69, 9.17) is 33.7 Å². The lowest BCUT2D eigenvalue weighted by atomic mass is 10.0. The molecule has 0 aliphatic carbocycles. The summed E-state index contributed by atoms with van der Waals surface area (Å²) in [7, 11) is 0. The van der Waals surface area contributed by atoms with Crippen molar-refractivity contribution in [1.29, 1.82) is 0 Å². The third-order valence-corrected chi connectivity index (χ3v) is 3.41. The predicted molar refractivity (Wildman–Crippen MR) is 86.5 cm³/mol. The molecule has 0 atom stereocenters. The first kappa shape index (κ1) is 15.7. The van der Waals surface area contributed by atoms with E-state index in [0.29, 0.717) is 39.2 Å². The lowest BCUT2D eigenvalue weighted by Crippen LogP contribution is -2.09. The van der Waals surface area contributed by atoms with Gasteiger partial charge in [0.1, 0.15) is 5.75 Å². The molecule has 110 valence electrons. The van der Waals surface area contributed by atoms with E-state index in [1.165, 1.54) is 0 Å². The largest absolute Gasteiger partial charge is 0.491 e. The van der Waals surface area contributed by atoms with E-state index in [9.17, 15) is 4.79 Å². The van der Waals surface area contributed by atoms with Crippen LogP contribution in [0.15, 0.2) is 36.4 Å². The van der Waals surface area contributed by atoms with Gasteiger partial charge in [0.25, 0.3) is 0 Å². The molecule has 0 aliphatic heterocycles. The van der Waals surface area contributed by atoms with Gasteiger partial charge in [-0.05, 0) is 30.7 Å². The Bertz CT molecular complexity index is 671. The molecule has 2 aromatic rings. The molecule has 0 bridgehead atoms. The molecule has 21 heavy (non-hydrogen) atoms. The summed E-state index contributed by atoms with van der Waals surface area (Å²) >= 11 is 12.2. The van der Waals surface area contributed by atoms with Crippen LogP contribution in [0.5, 0.6) is 5.75 Å². The number of para-hydroxylation sites is 1. The number of halogens is 2. The van der Waals surface area contributed by atoms with Gasteiger partial charge in [-0.15, -0.1) is 0 Å². The van der Waals surface area contributed by atoms with Crippen LogP contribution in [0.4, 0.5) is 5.69 Å². The van der Waals surface area contributed by atoms with Crippen LogP contribution in [0.1, 0.15) is 29.3 Å². The molecule has 0 saturated carbocycles. The Morgan fingerprint density at radius 2 is 1.90 bits per heavy atom. The van der Waals surface area contributed by atoms with Crippen molar-refractivity contribution in [1.82, 2.24) is 0 Å². The molecule has 2 aromatic carbocycles. The van der Waals surface area contributed by atoms with Crippen LogP contribution in [-0.4, -0.2) is 12.4 Å². The van der Waals surface area contributed by atoms with Gasteiger partial charge < -0.3 is 10.5 Å². The zero-order chi connectivity index (χ0) is 15.4. The molecule has 0 spiro atoms. The number of nitrogens with two attached hydrogens (primary N) is 1. The molecule has 0 fully saturated rings. The van der Waals surface area contributed by atoms with Gasteiger partial charge in [0, 0.05) is 16.3 Å². The van der Waals surface area contributed by atoms with Crippen molar-refractivity contribution in [3.8, 4) is 5.75 Å². The van der Waals surface area contributed by atoms with Gasteiger partial charge in [-0.1, -0.05) is 42.3 Å². The Hall–Kier alpha value is -1.71. The van der Waals surface area contributed by atoms with E-state index in [0.717, 1.165) is 6.42 Å². The molecule has 2 N–H and O–H groups in total.